The van der Waals surface area contributed by atoms with E-state index in [0.717, 1.165) is 27.7 Å². The summed E-state index contributed by atoms with van der Waals surface area (Å²) in [6.45, 7) is 3.97. The van der Waals surface area contributed by atoms with Crippen LogP contribution in [0, 0.1) is 13.8 Å². The topological polar surface area (TPSA) is 26.3 Å². The Kier molecular flexibility index (Phi) is 6.50. The Morgan fingerprint density at radius 3 is 2.05 bits per heavy atom. The van der Waals surface area contributed by atoms with Crippen LogP contribution < -0.4 is 28.9 Å². The third-order valence-corrected chi connectivity index (χ3v) is 4.16. The van der Waals surface area contributed by atoms with E-state index in [0.29, 0.717) is 0 Å². The predicted molar refractivity (Wildman–Crippen MR) is 81.2 cm³/mol. The normalized spacial score (nSPS) is 10.3. The van der Waals surface area contributed by atoms with E-state index in [1.807, 2.05) is 56.3 Å². The van der Waals surface area contributed by atoms with Crippen molar-refractivity contribution in [3.8, 4) is 5.75 Å². The van der Waals surface area contributed by atoms with Gasteiger partial charge in [0.15, 0.2) is 5.52 Å². The Hall–Kier alpha value is -1.06. The molecule has 0 aliphatic rings. The molecule has 2 rings (SSSR count). The van der Waals surface area contributed by atoms with Crippen molar-refractivity contribution in [3.63, 3.8) is 0 Å². The van der Waals surface area contributed by atoms with Crippen molar-refractivity contribution in [3.05, 3.63) is 59.2 Å². The fourth-order valence-electron chi connectivity index (χ4n) is 2.04. The van der Waals surface area contributed by atoms with Crippen LogP contribution in [0.4, 0.5) is 0 Å². The minimum absolute atomic E-state index is 0. The van der Waals surface area contributed by atoms with Crippen LogP contribution in [0.5, 0.6) is 5.75 Å². The summed E-state index contributed by atoms with van der Waals surface area (Å²) >= 11 is 0. The first-order valence-corrected chi connectivity index (χ1v) is 7.13. The molecule has 0 bridgehead atoms. The molecule has 4 heteroatoms. The predicted octanol–water partition coefficient (Wildman–Crippen LogP) is 0.460. The summed E-state index contributed by atoms with van der Waals surface area (Å²) in [4.78, 5) is 12.4. The van der Waals surface area contributed by atoms with E-state index < -0.39 is 0 Å². The Morgan fingerprint density at radius 2 is 1.55 bits per heavy atom. The minimum atomic E-state index is 0. The van der Waals surface area contributed by atoms with Crippen LogP contribution in [0.2, 0.25) is 0 Å². The molecule has 0 amide bonds. The Balaban J connectivity index is 0.00000200. The van der Waals surface area contributed by atoms with E-state index in [1.165, 1.54) is 0 Å². The molecule has 0 spiro atoms. The number of aryl methyl sites for hydroxylation is 2. The molecule has 0 aliphatic carbocycles. The summed E-state index contributed by atoms with van der Waals surface area (Å²) in [6.07, 6.45) is 0. The molecule has 0 N–H and O–H groups in total. The largest absolute Gasteiger partial charge is 1.00 e. The second-order valence-corrected chi connectivity index (χ2v) is 5.73. The van der Waals surface area contributed by atoms with Crippen molar-refractivity contribution in [1.29, 1.82) is 0 Å². The maximum Gasteiger partial charge on any atom is 1.00 e. The number of hydrogen-bond acceptors (Lipinski definition) is 2. The monoisotopic (exact) mass is 279 g/mol. The SMILES string of the molecule is COc1ccc(PC(=O)c2c(C)cccc2C)cc1.[Li+]. The van der Waals surface area contributed by atoms with Crippen molar-refractivity contribution in [2.75, 3.05) is 7.11 Å². The van der Waals surface area contributed by atoms with Gasteiger partial charge in [0.2, 0.25) is 0 Å². The van der Waals surface area contributed by atoms with Gasteiger partial charge in [-0.1, -0.05) is 30.3 Å². The molecule has 1 atom stereocenters. The van der Waals surface area contributed by atoms with E-state index in [9.17, 15) is 4.79 Å². The summed E-state index contributed by atoms with van der Waals surface area (Å²) < 4.78 is 5.12. The van der Waals surface area contributed by atoms with Crippen molar-refractivity contribution < 1.29 is 28.4 Å². The van der Waals surface area contributed by atoms with E-state index in [1.54, 1.807) is 7.11 Å². The number of rotatable bonds is 4. The average molecular weight is 279 g/mol. The van der Waals surface area contributed by atoms with Gasteiger partial charge in [0, 0.05) is 5.56 Å². The number of ether oxygens (including phenoxy) is 1. The molecule has 1 unspecified atom stereocenters. The third kappa shape index (κ3) is 3.97. The van der Waals surface area contributed by atoms with Crippen LogP contribution in [0.25, 0.3) is 0 Å². The molecular formula is C16H17LiO2P+. The van der Waals surface area contributed by atoms with Gasteiger partial charge in [-0.05, 0) is 51.0 Å². The summed E-state index contributed by atoms with van der Waals surface area (Å²) in [5, 5.41) is 1.04. The van der Waals surface area contributed by atoms with E-state index in [2.05, 4.69) is 0 Å². The minimum Gasteiger partial charge on any atom is -0.497 e. The molecule has 98 valence electrons. The van der Waals surface area contributed by atoms with Crippen molar-refractivity contribution in [2.24, 2.45) is 0 Å². The molecular weight excluding hydrogens is 262 g/mol. The van der Waals surface area contributed by atoms with Crippen molar-refractivity contribution in [1.82, 2.24) is 0 Å². The molecule has 0 saturated carbocycles. The molecule has 2 aromatic rings. The van der Waals surface area contributed by atoms with Crippen LogP contribution in [-0.2, 0) is 0 Å². The molecule has 0 heterocycles. The molecule has 0 fully saturated rings. The van der Waals surface area contributed by atoms with Crippen LogP contribution in [0.3, 0.4) is 0 Å². The molecule has 2 aromatic carbocycles. The fraction of sp³-hybridized carbons (Fsp3) is 0.188. The molecule has 0 aliphatic heterocycles. The Bertz CT molecular complexity index is 574. The molecule has 20 heavy (non-hydrogen) atoms. The van der Waals surface area contributed by atoms with E-state index in [-0.39, 0.29) is 33.0 Å². The van der Waals surface area contributed by atoms with Crippen LogP contribution in [0.15, 0.2) is 42.5 Å². The summed E-state index contributed by atoms with van der Waals surface area (Å²) in [5.74, 6) is 0.813. The van der Waals surface area contributed by atoms with Gasteiger partial charge in [0.25, 0.3) is 0 Å². The van der Waals surface area contributed by atoms with Gasteiger partial charge in [-0.3, -0.25) is 4.79 Å². The number of carbonyl (C=O) groups excluding carboxylic acids is 1. The van der Waals surface area contributed by atoms with Crippen LogP contribution in [-0.4, -0.2) is 12.6 Å². The number of benzene rings is 2. The first kappa shape index (κ1) is 17.0. The fourth-order valence-corrected chi connectivity index (χ4v) is 3.16. The molecule has 0 aromatic heterocycles. The quantitative estimate of drug-likeness (QED) is 0.600. The standard InChI is InChI=1S/C16H17O2P.Li/c1-11-5-4-6-12(2)15(11)16(17)19-14-9-7-13(18-3)8-10-14;/h4-10,19H,1-3H3;/q;+1. The molecule has 0 saturated heterocycles. The van der Waals surface area contributed by atoms with Gasteiger partial charge in [-0.25, -0.2) is 0 Å². The van der Waals surface area contributed by atoms with Gasteiger partial charge in [-0.15, -0.1) is 0 Å². The Morgan fingerprint density at radius 1 is 1.00 bits per heavy atom. The second-order valence-electron chi connectivity index (χ2n) is 4.45. The van der Waals surface area contributed by atoms with Crippen LogP contribution >= 0.6 is 8.58 Å². The second kappa shape index (κ2) is 7.65. The van der Waals surface area contributed by atoms with Gasteiger partial charge in [0.05, 0.1) is 7.11 Å². The average Bonchev–Trinajstić information content (AvgIpc) is 2.39. The number of hydrogen-bond donors (Lipinski definition) is 0. The van der Waals surface area contributed by atoms with E-state index in [4.69, 9.17) is 4.74 Å². The Labute approximate surface area is 133 Å². The van der Waals surface area contributed by atoms with Gasteiger partial charge < -0.3 is 4.74 Å². The summed E-state index contributed by atoms with van der Waals surface area (Å²) in [5.41, 5.74) is 3.15. The summed E-state index contributed by atoms with van der Waals surface area (Å²) in [7, 11) is 1.79. The zero-order valence-electron chi connectivity index (χ0n) is 12.4. The maximum absolute atomic E-state index is 12.4. The van der Waals surface area contributed by atoms with Gasteiger partial charge >= 0.3 is 18.9 Å². The van der Waals surface area contributed by atoms with E-state index >= 15 is 0 Å². The number of carbonyl (C=O) groups is 1. The number of methoxy groups -OCH3 is 1. The summed E-state index contributed by atoms with van der Waals surface area (Å²) in [6, 6.07) is 13.6. The van der Waals surface area contributed by atoms with Crippen LogP contribution in [0.1, 0.15) is 21.5 Å². The van der Waals surface area contributed by atoms with Gasteiger partial charge in [-0.2, -0.15) is 0 Å². The smallest absolute Gasteiger partial charge is 0.497 e. The first-order chi connectivity index (χ1) is 9.11. The zero-order chi connectivity index (χ0) is 13.8. The third-order valence-electron chi connectivity index (χ3n) is 3.06. The van der Waals surface area contributed by atoms with Crippen molar-refractivity contribution in [2.45, 2.75) is 13.8 Å². The molecule has 0 radical (unpaired) electrons. The van der Waals surface area contributed by atoms with Gasteiger partial charge in [0.1, 0.15) is 5.75 Å². The van der Waals surface area contributed by atoms with Crippen molar-refractivity contribution >= 4 is 19.4 Å². The zero-order valence-corrected chi connectivity index (χ0v) is 13.4. The first-order valence-electron chi connectivity index (χ1n) is 6.13. The molecule has 2 nitrogen and oxygen atoms in total. The maximum atomic E-state index is 12.4.